The topological polar surface area (TPSA) is 60.9 Å². The first-order chi connectivity index (χ1) is 9.58. The number of carbonyl (C=O) groups is 2. The fourth-order valence-corrected chi connectivity index (χ4v) is 2.49. The molecular formula is C15H21ClN2O3. The molecular weight excluding hydrogens is 292 g/mol. The summed E-state index contributed by atoms with van der Waals surface area (Å²) >= 11 is 0. The third-order valence-electron chi connectivity index (χ3n) is 3.73. The lowest BCUT2D eigenvalue weighted by Crippen LogP contribution is -2.44. The van der Waals surface area contributed by atoms with E-state index in [-0.39, 0.29) is 30.8 Å². The summed E-state index contributed by atoms with van der Waals surface area (Å²) in [5.41, 5.74) is 0.851. The molecule has 1 fully saturated rings. The lowest BCUT2D eigenvalue weighted by Gasteiger charge is -2.31. The monoisotopic (exact) mass is 312 g/mol. The van der Waals surface area contributed by atoms with Crippen LogP contribution in [0.5, 0.6) is 0 Å². The van der Waals surface area contributed by atoms with Crippen molar-refractivity contribution in [2.75, 3.05) is 31.6 Å². The van der Waals surface area contributed by atoms with E-state index in [0.717, 1.165) is 18.7 Å². The smallest absolute Gasteiger partial charge is 0.307 e. The van der Waals surface area contributed by atoms with Crippen LogP contribution in [0.3, 0.4) is 0 Å². The minimum absolute atomic E-state index is 0. The predicted octanol–water partition coefficient (Wildman–Crippen LogP) is 1.87. The van der Waals surface area contributed by atoms with Crippen molar-refractivity contribution in [3.05, 3.63) is 30.3 Å². The van der Waals surface area contributed by atoms with Crippen molar-refractivity contribution in [3.8, 4) is 0 Å². The van der Waals surface area contributed by atoms with Crippen LogP contribution in [0.1, 0.15) is 12.8 Å². The molecule has 5 nitrogen and oxygen atoms in total. The number of carbonyl (C=O) groups excluding carboxylic acids is 1. The van der Waals surface area contributed by atoms with Crippen molar-refractivity contribution in [1.29, 1.82) is 0 Å². The number of carboxylic acids is 1. The number of aliphatic carboxylic acids is 1. The second kappa shape index (κ2) is 8.00. The summed E-state index contributed by atoms with van der Waals surface area (Å²) < 4.78 is 0. The van der Waals surface area contributed by atoms with Crippen molar-refractivity contribution in [2.45, 2.75) is 12.8 Å². The van der Waals surface area contributed by atoms with Gasteiger partial charge in [-0.25, -0.2) is 0 Å². The van der Waals surface area contributed by atoms with Crippen LogP contribution in [-0.4, -0.2) is 48.6 Å². The first kappa shape index (κ1) is 17.5. The van der Waals surface area contributed by atoms with Gasteiger partial charge in [0.2, 0.25) is 5.91 Å². The van der Waals surface area contributed by atoms with E-state index in [1.54, 1.807) is 11.9 Å². The van der Waals surface area contributed by atoms with Crippen LogP contribution in [0.25, 0.3) is 0 Å². The van der Waals surface area contributed by atoms with Crippen LogP contribution in [-0.2, 0) is 9.59 Å². The Bertz CT molecular complexity index is 481. The summed E-state index contributed by atoms with van der Waals surface area (Å²) in [7, 11) is 1.75. The molecule has 21 heavy (non-hydrogen) atoms. The Kier molecular flexibility index (Phi) is 6.65. The molecule has 1 saturated heterocycles. The van der Waals surface area contributed by atoms with Crippen LogP contribution in [0.4, 0.5) is 5.69 Å². The van der Waals surface area contributed by atoms with Gasteiger partial charge in [-0.2, -0.15) is 0 Å². The molecule has 0 bridgehead atoms. The average Bonchev–Trinajstić information content (AvgIpc) is 2.47. The zero-order valence-corrected chi connectivity index (χ0v) is 12.9. The number of piperidine rings is 1. The standard InChI is InChI=1S/C15H20N2O3.ClH/c1-16(13-7-3-2-4-8-13)14(18)11-17-9-5-6-12(10-17)15(19)20;/h2-4,7-8,12H,5-6,9-11H2,1H3,(H,19,20);1H. The molecule has 116 valence electrons. The fraction of sp³-hybridized carbons (Fsp3) is 0.467. The summed E-state index contributed by atoms with van der Waals surface area (Å²) in [5.74, 6) is -1.13. The van der Waals surface area contributed by atoms with E-state index in [2.05, 4.69) is 0 Å². The molecule has 1 amide bonds. The molecule has 0 spiro atoms. The highest BCUT2D eigenvalue weighted by Gasteiger charge is 2.27. The van der Waals surface area contributed by atoms with E-state index in [9.17, 15) is 9.59 Å². The van der Waals surface area contributed by atoms with Crippen molar-refractivity contribution < 1.29 is 14.7 Å². The molecule has 1 unspecified atom stereocenters. The van der Waals surface area contributed by atoms with E-state index in [0.29, 0.717) is 13.0 Å². The van der Waals surface area contributed by atoms with Crippen molar-refractivity contribution >= 4 is 30.0 Å². The van der Waals surface area contributed by atoms with E-state index < -0.39 is 5.97 Å². The van der Waals surface area contributed by atoms with Gasteiger partial charge in [-0.3, -0.25) is 14.5 Å². The number of rotatable bonds is 4. The second-order valence-corrected chi connectivity index (χ2v) is 5.20. The SMILES string of the molecule is CN(C(=O)CN1CCCC(C(=O)O)C1)c1ccccc1.Cl. The van der Waals surface area contributed by atoms with Gasteiger partial charge < -0.3 is 10.0 Å². The quantitative estimate of drug-likeness (QED) is 0.922. The van der Waals surface area contributed by atoms with Crippen molar-refractivity contribution in [2.24, 2.45) is 5.92 Å². The first-order valence-electron chi connectivity index (χ1n) is 6.84. The maximum Gasteiger partial charge on any atom is 0.307 e. The molecule has 1 atom stereocenters. The van der Waals surface area contributed by atoms with E-state index in [1.165, 1.54) is 0 Å². The van der Waals surface area contributed by atoms with E-state index >= 15 is 0 Å². The molecule has 0 aliphatic carbocycles. The van der Waals surface area contributed by atoms with Crippen molar-refractivity contribution in [3.63, 3.8) is 0 Å². The maximum atomic E-state index is 12.2. The normalized spacial score (nSPS) is 18.6. The van der Waals surface area contributed by atoms with Gasteiger partial charge >= 0.3 is 5.97 Å². The largest absolute Gasteiger partial charge is 0.481 e. The minimum Gasteiger partial charge on any atom is -0.481 e. The molecule has 2 rings (SSSR count). The molecule has 1 N–H and O–H groups in total. The lowest BCUT2D eigenvalue weighted by atomic mass is 9.98. The zero-order valence-electron chi connectivity index (χ0n) is 12.1. The molecule has 1 aromatic rings. The van der Waals surface area contributed by atoms with Crippen LogP contribution >= 0.6 is 12.4 Å². The van der Waals surface area contributed by atoms with Crippen LogP contribution in [0.15, 0.2) is 30.3 Å². The van der Waals surface area contributed by atoms with E-state index in [4.69, 9.17) is 5.11 Å². The summed E-state index contributed by atoms with van der Waals surface area (Å²) in [6, 6.07) is 9.45. The summed E-state index contributed by atoms with van der Waals surface area (Å²) in [5, 5.41) is 9.06. The summed E-state index contributed by atoms with van der Waals surface area (Å²) in [4.78, 5) is 26.8. The van der Waals surface area contributed by atoms with Crippen LogP contribution in [0, 0.1) is 5.92 Å². The van der Waals surface area contributed by atoms with Crippen LogP contribution in [0.2, 0.25) is 0 Å². The Balaban J connectivity index is 0.00000220. The predicted molar refractivity (Wildman–Crippen MR) is 83.9 cm³/mol. The second-order valence-electron chi connectivity index (χ2n) is 5.20. The van der Waals surface area contributed by atoms with Crippen molar-refractivity contribution in [1.82, 2.24) is 4.90 Å². The molecule has 0 radical (unpaired) electrons. The highest BCUT2D eigenvalue weighted by Crippen LogP contribution is 2.17. The molecule has 6 heteroatoms. The number of likely N-dealkylation sites (tertiary alicyclic amines) is 1. The number of halogens is 1. The van der Waals surface area contributed by atoms with Gasteiger partial charge in [-0.05, 0) is 31.5 Å². The molecule has 1 aliphatic heterocycles. The highest BCUT2D eigenvalue weighted by atomic mass is 35.5. The molecule has 1 aromatic carbocycles. The Morgan fingerprint density at radius 1 is 1.33 bits per heavy atom. The van der Waals surface area contributed by atoms with E-state index in [1.807, 2.05) is 35.2 Å². The number of hydrogen-bond acceptors (Lipinski definition) is 3. The van der Waals surface area contributed by atoms with Gasteiger partial charge in [0.1, 0.15) is 0 Å². The Morgan fingerprint density at radius 2 is 2.00 bits per heavy atom. The Hall–Kier alpha value is -1.59. The molecule has 1 heterocycles. The van der Waals surface area contributed by atoms with Gasteiger partial charge in [0.15, 0.2) is 0 Å². The number of hydrogen-bond donors (Lipinski definition) is 1. The number of nitrogens with zero attached hydrogens (tertiary/aromatic N) is 2. The molecule has 0 aromatic heterocycles. The molecule has 0 saturated carbocycles. The fourth-order valence-electron chi connectivity index (χ4n) is 2.49. The number of para-hydroxylation sites is 1. The lowest BCUT2D eigenvalue weighted by molar-refractivity contribution is -0.144. The van der Waals surface area contributed by atoms with Gasteiger partial charge in [0, 0.05) is 19.3 Å². The Labute approximate surface area is 131 Å². The third-order valence-corrected chi connectivity index (χ3v) is 3.73. The number of anilines is 1. The average molecular weight is 313 g/mol. The highest BCUT2D eigenvalue weighted by molar-refractivity contribution is 5.94. The third kappa shape index (κ3) is 4.72. The zero-order chi connectivity index (χ0) is 14.5. The number of amides is 1. The number of carboxylic acid groups (broad SMARTS) is 1. The number of benzene rings is 1. The molecule has 1 aliphatic rings. The van der Waals surface area contributed by atoms with Gasteiger partial charge in [0.05, 0.1) is 12.5 Å². The Morgan fingerprint density at radius 3 is 2.62 bits per heavy atom. The maximum absolute atomic E-state index is 12.2. The van der Waals surface area contributed by atoms with Crippen LogP contribution < -0.4 is 4.90 Å². The first-order valence-corrected chi connectivity index (χ1v) is 6.84. The van der Waals surface area contributed by atoms with Gasteiger partial charge in [0.25, 0.3) is 0 Å². The summed E-state index contributed by atoms with van der Waals surface area (Å²) in [6.07, 6.45) is 1.54. The summed E-state index contributed by atoms with van der Waals surface area (Å²) in [6.45, 7) is 1.52. The number of likely N-dealkylation sites (N-methyl/N-ethyl adjacent to an activating group) is 1. The van der Waals surface area contributed by atoms with Gasteiger partial charge in [-0.1, -0.05) is 18.2 Å². The van der Waals surface area contributed by atoms with Gasteiger partial charge in [-0.15, -0.1) is 12.4 Å². The minimum atomic E-state index is -0.765.